The number of aromatic nitrogens is 2. The van der Waals surface area contributed by atoms with Crippen molar-refractivity contribution < 1.29 is 4.79 Å². The SMILES string of the molecule is CCC(Sc1nc2scc(-c3cccs3)c2c(=O)n1-c1ccccc1)C(N)=O. The number of nitrogens with zero attached hydrogens (tertiary/aromatic N) is 2. The molecule has 28 heavy (non-hydrogen) atoms. The van der Waals surface area contributed by atoms with Crippen LogP contribution in [0.5, 0.6) is 0 Å². The second-order valence-corrected chi connectivity index (χ2v) is 9.07. The van der Waals surface area contributed by atoms with Gasteiger partial charge >= 0.3 is 0 Å². The maximum absolute atomic E-state index is 13.6. The van der Waals surface area contributed by atoms with Crippen molar-refractivity contribution in [3.05, 3.63) is 63.6 Å². The number of hydrogen-bond donors (Lipinski definition) is 1. The fraction of sp³-hybridized carbons (Fsp3) is 0.150. The number of amides is 1. The standard InChI is InChI=1S/C20H17N3O2S3/c1-2-14(17(21)24)28-20-22-18-16(13(11-27-18)15-9-6-10-26-15)19(25)23(20)12-7-4-3-5-8-12/h3-11,14H,2H2,1H3,(H2,21,24). The van der Waals surface area contributed by atoms with Crippen LogP contribution in [0.25, 0.3) is 26.3 Å². The van der Waals surface area contributed by atoms with Crippen LogP contribution in [0, 0.1) is 0 Å². The average molecular weight is 428 g/mol. The molecule has 2 N–H and O–H groups in total. The number of nitrogens with two attached hydrogens (primary N) is 1. The van der Waals surface area contributed by atoms with Crippen molar-refractivity contribution in [1.29, 1.82) is 0 Å². The van der Waals surface area contributed by atoms with E-state index in [1.165, 1.54) is 23.1 Å². The first-order valence-corrected chi connectivity index (χ1v) is 11.3. The van der Waals surface area contributed by atoms with Crippen molar-refractivity contribution in [2.45, 2.75) is 23.8 Å². The van der Waals surface area contributed by atoms with Crippen LogP contribution in [0.2, 0.25) is 0 Å². The summed E-state index contributed by atoms with van der Waals surface area (Å²) in [5.74, 6) is -0.410. The van der Waals surface area contributed by atoms with E-state index in [0.29, 0.717) is 27.5 Å². The monoisotopic (exact) mass is 427 g/mol. The van der Waals surface area contributed by atoms with E-state index >= 15 is 0 Å². The third kappa shape index (κ3) is 3.39. The predicted molar refractivity (Wildman–Crippen MR) is 118 cm³/mol. The number of benzene rings is 1. The van der Waals surface area contributed by atoms with E-state index in [1.807, 2.05) is 60.1 Å². The van der Waals surface area contributed by atoms with Crippen LogP contribution in [-0.2, 0) is 4.79 Å². The minimum Gasteiger partial charge on any atom is -0.369 e. The highest BCUT2D eigenvalue weighted by molar-refractivity contribution is 8.00. The fourth-order valence-electron chi connectivity index (χ4n) is 2.94. The van der Waals surface area contributed by atoms with Crippen molar-refractivity contribution in [1.82, 2.24) is 9.55 Å². The van der Waals surface area contributed by atoms with Crippen LogP contribution in [0.3, 0.4) is 0 Å². The molecule has 0 radical (unpaired) electrons. The summed E-state index contributed by atoms with van der Waals surface area (Å²) in [7, 11) is 0. The normalized spacial score (nSPS) is 12.3. The maximum Gasteiger partial charge on any atom is 0.268 e. The van der Waals surface area contributed by atoms with Crippen LogP contribution in [0.1, 0.15) is 13.3 Å². The zero-order valence-corrected chi connectivity index (χ0v) is 17.4. The number of rotatable bonds is 6. The van der Waals surface area contributed by atoms with Crippen LogP contribution >= 0.6 is 34.4 Å². The van der Waals surface area contributed by atoms with Crippen molar-refractivity contribution in [3.63, 3.8) is 0 Å². The van der Waals surface area contributed by atoms with E-state index in [1.54, 1.807) is 15.9 Å². The molecule has 0 saturated heterocycles. The Morgan fingerprint density at radius 1 is 1.21 bits per heavy atom. The number of hydrogen-bond acceptors (Lipinski definition) is 6. The minimum absolute atomic E-state index is 0.136. The molecular formula is C20H17N3O2S3. The molecule has 0 bridgehead atoms. The molecule has 0 saturated carbocycles. The smallest absolute Gasteiger partial charge is 0.268 e. The lowest BCUT2D eigenvalue weighted by Crippen LogP contribution is -2.27. The third-order valence-electron chi connectivity index (χ3n) is 4.31. The van der Waals surface area contributed by atoms with E-state index in [2.05, 4.69) is 0 Å². The average Bonchev–Trinajstić information content (AvgIpc) is 3.36. The molecule has 0 aliphatic rings. The Labute approximate surface area is 173 Å². The van der Waals surface area contributed by atoms with Gasteiger partial charge in [0.25, 0.3) is 5.56 Å². The van der Waals surface area contributed by atoms with Gasteiger partial charge in [-0.15, -0.1) is 22.7 Å². The van der Waals surface area contributed by atoms with Crippen molar-refractivity contribution in [2.24, 2.45) is 5.73 Å². The van der Waals surface area contributed by atoms with E-state index in [-0.39, 0.29) is 5.56 Å². The van der Waals surface area contributed by atoms with E-state index in [9.17, 15) is 9.59 Å². The lowest BCUT2D eigenvalue weighted by atomic mass is 10.2. The highest BCUT2D eigenvalue weighted by Gasteiger charge is 2.23. The number of thiophene rings is 2. The highest BCUT2D eigenvalue weighted by Crippen LogP contribution is 2.35. The minimum atomic E-state index is -0.448. The molecule has 142 valence electrons. The quantitative estimate of drug-likeness (QED) is 0.362. The largest absolute Gasteiger partial charge is 0.369 e. The molecule has 0 fully saturated rings. The number of para-hydroxylation sites is 1. The summed E-state index contributed by atoms with van der Waals surface area (Å²) >= 11 is 4.27. The molecule has 1 atom stereocenters. The first kappa shape index (κ1) is 18.9. The predicted octanol–water partition coefficient (Wildman–Crippen LogP) is 4.53. The van der Waals surface area contributed by atoms with Crippen LogP contribution in [0.4, 0.5) is 0 Å². The summed E-state index contributed by atoms with van der Waals surface area (Å²) in [6, 6.07) is 13.3. The number of primary amides is 1. The Hall–Kier alpha value is -2.42. The van der Waals surface area contributed by atoms with Gasteiger partial charge in [-0.3, -0.25) is 14.2 Å². The molecule has 0 spiro atoms. The molecule has 0 aliphatic carbocycles. The summed E-state index contributed by atoms with van der Waals surface area (Å²) in [6.45, 7) is 1.89. The van der Waals surface area contributed by atoms with Gasteiger partial charge in [0, 0.05) is 15.8 Å². The van der Waals surface area contributed by atoms with Gasteiger partial charge in [-0.1, -0.05) is 43.0 Å². The number of carbonyl (C=O) groups excluding carboxylic acids is 1. The molecule has 1 unspecified atom stereocenters. The van der Waals surface area contributed by atoms with E-state index in [4.69, 9.17) is 10.7 Å². The first-order valence-electron chi connectivity index (χ1n) is 8.69. The lowest BCUT2D eigenvalue weighted by molar-refractivity contribution is -0.117. The Morgan fingerprint density at radius 2 is 2.00 bits per heavy atom. The number of carbonyl (C=O) groups is 1. The summed E-state index contributed by atoms with van der Waals surface area (Å²) in [4.78, 5) is 31.8. The third-order valence-corrected chi connectivity index (χ3v) is 7.42. The molecule has 8 heteroatoms. The Bertz CT molecular complexity index is 1180. The van der Waals surface area contributed by atoms with Gasteiger partial charge in [-0.2, -0.15) is 0 Å². The van der Waals surface area contributed by atoms with Crippen molar-refractivity contribution in [3.8, 4) is 16.1 Å². The highest BCUT2D eigenvalue weighted by atomic mass is 32.2. The Morgan fingerprint density at radius 3 is 2.64 bits per heavy atom. The van der Waals surface area contributed by atoms with Crippen LogP contribution in [-0.4, -0.2) is 20.7 Å². The zero-order valence-electron chi connectivity index (χ0n) is 15.0. The van der Waals surface area contributed by atoms with Gasteiger partial charge in [-0.05, 0) is 30.0 Å². The van der Waals surface area contributed by atoms with Gasteiger partial charge in [-0.25, -0.2) is 4.98 Å². The van der Waals surface area contributed by atoms with E-state index in [0.717, 1.165) is 10.4 Å². The first-order chi connectivity index (χ1) is 13.6. The summed E-state index contributed by atoms with van der Waals surface area (Å²) < 4.78 is 1.59. The van der Waals surface area contributed by atoms with Gasteiger partial charge in [0.1, 0.15) is 4.83 Å². The van der Waals surface area contributed by atoms with Gasteiger partial charge in [0.15, 0.2) is 5.16 Å². The Balaban J connectivity index is 1.99. The van der Waals surface area contributed by atoms with Crippen molar-refractivity contribution in [2.75, 3.05) is 0 Å². The molecule has 5 nitrogen and oxygen atoms in total. The van der Waals surface area contributed by atoms with Crippen LogP contribution < -0.4 is 11.3 Å². The van der Waals surface area contributed by atoms with E-state index < -0.39 is 11.2 Å². The summed E-state index contributed by atoms with van der Waals surface area (Å²) in [5, 5.41) is 4.60. The van der Waals surface area contributed by atoms with Gasteiger partial charge in [0.05, 0.1) is 16.3 Å². The molecule has 0 aliphatic heterocycles. The maximum atomic E-state index is 13.6. The van der Waals surface area contributed by atoms with Gasteiger partial charge < -0.3 is 5.73 Å². The summed E-state index contributed by atoms with van der Waals surface area (Å²) in [6.07, 6.45) is 0.563. The van der Waals surface area contributed by atoms with Crippen molar-refractivity contribution >= 4 is 50.6 Å². The topological polar surface area (TPSA) is 78.0 Å². The lowest BCUT2D eigenvalue weighted by Gasteiger charge is -2.15. The second kappa shape index (κ2) is 7.90. The van der Waals surface area contributed by atoms with Gasteiger partial charge in [0.2, 0.25) is 5.91 Å². The molecule has 4 rings (SSSR count). The second-order valence-electron chi connectivity index (χ2n) is 6.09. The molecular weight excluding hydrogens is 410 g/mol. The molecule has 1 amide bonds. The molecule has 3 heterocycles. The molecule has 4 aromatic rings. The van der Waals surface area contributed by atoms with Crippen LogP contribution in [0.15, 0.2) is 63.2 Å². The zero-order chi connectivity index (χ0) is 19.7. The summed E-state index contributed by atoms with van der Waals surface area (Å²) in [5.41, 5.74) is 7.01. The molecule has 1 aromatic carbocycles. The number of thioether (sulfide) groups is 1. The Kier molecular flexibility index (Phi) is 5.34. The fourth-order valence-corrected chi connectivity index (χ4v) is 5.72. The number of fused-ring (bicyclic) bond motifs is 1. The molecule has 3 aromatic heterocycles.